The molecule has 2 heterocycles. The molecule has 0 aromatic carbocycles. The maximum Gasteiger partial charge on any atom is 0.417 e. The Hall–Kier alpha value is -1.33. The van der Waals surface area contributed by atoms with Crippen molar-refractivity contribution in [1.29, 1.82) is 0 Å². The second-order valence-electron chi connectivity index (χ2n) is 3.78. The van der Waals surface area contributed by atoms with E-state index in [0.29, 0.717) is 10.8 Å². The van der Waals surface area contributed by atoms with Crippen LogP contribution in [0, 0.1) is 0 Å². The first-order valence-electron chi connectivity index (χ1n) is 4.80. The third kappa shape index (κ3) is 1.57. The van der Waals surface area contributed by atoms with E-state index in [1.807, 2.05) is 0 Å². The molecule has 0 atom stereocenters. The van der Waals surface area contributed by atoms with Crippen LogP contribution >= 0.6 is 23.2 Å². The van der Waals surface area contributed by atoms with Crippen molar-refractivity contribution in [2.45, 2.75) is 0 Å². The first kappa shape index (κ1) is 12.1. The lowest BCUT2D eigenvalue weighted by atomic mass is 10.3. The van der Waals surface area contributed by atoms with E-state index >= 15 is 0 Å². The van der Waals surface area contributed by atoms with E-state index in [-0.39, 0.29) is 10.4 Å². The summed E-state index contributed by atoms with van der Waals surface area (Å²) in [6.45, 7) is 0. The molecule has 5 nitrogen and oxygen atoms in total. The van der Waals surface area contributed by atoms with Crippen LogP contribution in [0.4, 0.5) is 0 Å². The van der Waals surface area contributed by atoms with Gasteiger partial charge in [-0.05, 0) is 11.6 Å². The summed E-state index contributed by atoms with van der Waals surface area (Å²) in [4.78, 5) is 23.8. The number of halogens is 2. The summed E-state index contributed by atoms with van der Waals surface area (Å²) in [5, 5.41) is 0.869. The number of fused-ring (bicyclic) bond motifs is 1. The fraction of sp³-hybridized carbons (Fsp3) is 0.300. The normalized spacial score (nSPS) is 11.1. The predicted octanol–water partition coefficient (Wildman–Crippen LogP) is 0.368. The molecule has 0 saturated heterocycles. The highest BCUT2D eigenvalue weighted by Crippen LogP contribution is 2.19. The Morgan fingerprint density at radius 1 is 1.18 bits per heavy atom. The molecule has 2 aromatic rings. The van der Waals surface area contributed by atoms with Crippen molar-refractivity contribution in [2.75, 3.05) is 0 Å². The van der Waals surface area contributed by atoms with E-state index in [1.54, 1.807) is 18.7 Å². The van der Waals surface area contributed by atoms with Gasteiger partial charge in [0.2, 0.25) is 0 Å². The monoisotopic (exact) mass is 274 g/mol. The second-order valence-corrected chi connectivity index (χ2v) is 4.57. The predicted molar refractivity (Wildman–Crippen MR) is 65.6 cm³/mol. The Labute approximate surface area is 106 Å². The summed E-state index contributed by atoms with van der Waals surface area (Å²) in [6.07, 6.45) is 0. The molecule has 0 fully saturated rings. The molecule has 0 amide bonds. The number of hydrogen-bond acceptors (Lipinski definition) is 2. The maximum atomic E-state index is 12.0. The number of nitrogens with zero attached hydrogens (tertiary/aromatic N) is 3. The summed E-state index contributed by atoms with van der Waals surface area (Å²) in [5.74, 6) is 0. The molecule has 90 valence electrons. The van der Waals surface area contributed by atoms with Gasteiger partial charge in [-0.15, -0.1) is 0 Å². The number of rotatable bonds is 0. The van der Waals surface area contributed by atoms with Gasteiger partial charge in [-0.25, -0.2) is 13.9 Å². The van der Waals surface area contributed by atoms with Crippen molar-refractivity contribution in [3.05, 3.63) is 37.1 Å². The van der Waals surface area contributed by atoms with Crippen LogP contribution in [0.5, 0.6) is 0 Å². The van der Waals surface area contributed by atoms with Gasteiger partial charge < -0.3 is 0 Å². The third-order valence-electron chi connectivity index (χ3n) is 2.76. The number of pyridine rings is 1. The minimum absolute atomic E-state index is 0.235. The van der Waals surface area contributed by atoms with Gasteiger partial charge in [0, 0.05) is 13.1 Å². The first-order chi connectivity index (χ1) is 7.86. The van der Waals surface area contributed by atoms with Crippen molar-refractivity contribution >= 4 is 34.2 Å². The fourth-order valence-electron chi connectivity index (χ4n) is 1.81. The summed E-state index contributed by atoms with van der Waals surface area (Å²) in [7, 11) is 4.64. The second kappa shape index (κ2) is 3.85. The first-order valence-corrected chi connectivity index (χ1v) is 5.55. The summed E-state index contributed by atoms with van der Waals surface area (Å²) < 4.78 is 3.90. The van der Waals surface area contributed by atoms with E-state index in [2.05, 4.69) is 0 Å². The van der Waals surface area contributed by atoms with Crippen molar-refractivity contribution < 1.29 is 4.57 Å². The number of hydrogen-bond donors (Lipinski definition) is 0. The largest absolute Gasteiger partial charge is 0.417 e. The van der Waals surface area contributed by atoms with Gasteiger partial charge in [0.05, 0.1) is 19.1 Å². The minimum atomic E-state index is -0.430. The van der Waals surface area contributed by atoms with Crippen molar-refractivity contribution in [3.63, 3.8) is 0 Å². The molecule has 2 rings (SSSR count). The molecule has 0 N–H and O–H groups in total. The SMILES string of the molecule is Cn1c(=O)c2c(Cl)cc(Cl)[n+](C)c2n(C)c1=O. The molecular formula is C10H10Cl2N3O2+. The lowest BCUT2D eigenvalue weighted by molar-refractivity contribution is -0.645. The molecule has 0 bridgehead atoms. The Bertz CT molecular complexity index is 746. The minimum Gasteiger partial charge on any atom is -0.268 e. The zero-order valence-electron chi connectivity index (χ0n) is 9.49. The van der Waals surface area contributed by atoms with Crippen molar-refractivity contribution in [2.24, 2.45) is 21.1 Å². The quantitative estimate of drug-likeness (QED) is 0.515. The zero-order valence-corrected chi connectivity index (χ0v) is 11.0. The molecule has 0 unspecified atom stereocenters. The van der Waals surface area contributed by atoms with Crippen molar-refractivity contribution in [1.82, 2.24) is 9.13 Å². The summed E-state index contributed by atoms with van der Waals surface area (Å²) in [5.41, 5.74) is -0.451. The molecule has 0 saturated carbocycles. The van der Waals surface area contributed by atoms with Gasteiger partial charge >= 0.3 is 11.3 Å². The highest BCUT2D eigenvalue weighted by atomic mass is 35.5. The molecule has 0 aliphatic heterocycles. The Morgan fingerprint density at radius 2 is 1.76 bits per heavy atom. The van der Waals surface area contributed by atoms with Gasteiger partial charge in [-0.3, -0.25) is 4.79 Å². The van der Waals surface area contributed by atoms with Crippen LogP contribution in [0.25, 0.3) is 11.0 Å². The topological polar surface area (TPSA) is 47.9 Å². The van der Waals surface area contributed by atoms with Crippen LogP contribution in [0.1, 0.15) is 0 Å². The summed E-state index contributed by atoms with van der Waals surface area (Å²) >= 11 is 12.0. The number of aryl methyl sites for hydroxylation is 2. The Kier molecular flexibility index (Phi) is 2.75. The van der Waals surface area contributed by atoms with Crippen LogP contribution in [0.2, 0.25) is 10.2 Å². The average Bonchev–Trinajstić information content (AvgIpc) is 2.28. The van der Waals surface area contributed by atoms with E-state index < -0.39 is 11.2 Å². The fourth-order valence-corrected chi connectivity index (χ4v) is 2.32. The highest BCUT2D eigenvalue weighted by molar-refractivity contribution is 6.36. The highest BCUT2D eigenvalue weighted by Gasteiger charge is 2.22. The maximum absolute atomic E-state index is 12.0. The molecule has 0 aliphatic carbocycles. The van der Waals surface area contributed by atoms with Crippen LogP contribution in [0.3, 0.4) is 0 Å². The molecular weight excluding hydrogens is 265 g/mol. The van der Waals surface area contributed by atoms with E-state index in [0.717, 1.165) is 4.57 Å². The lowest BCUT2D eigenvalue weighted by Gasteiger charge is -2.06. The molecule has 17 heavy (non-hydrogen) atoms. The average molecular weight is 275 g/mol. The van der Waals surface area contributed by atoms with Gasteiger partial charge in [-0.1, -0.05) is 11.6 Å². The van der Waals surface area contributed by atoms with Crippen LogP contribution in [0.15, 0.2) is 15.7 Å². The van der Waals surface area contributed by atoms with Gasteiger partial charge in [-0.2, -0.15) is 4.57 Å². The lowest BCUT2D eigenvalue weighted by Crippen LogP contribution is -2.44. The van der Waals surface area contributed by atoms with Gasteiger partial charge in [0.15, 0.2) is 5.15 Å². The molecule has 7 heteroatoms. The standard InChI is InChI=1S/C10H10Cl2N3O2/c1-13-6(12)4-5(11)7-8(13)14(2)10(17)15(3)9(7)16/h4H,1-3H3/q+1. The van der Waals surface area contributed by atoms with Gasteiger partial charge in [0.1, 0.15) is 5.39 Å². The van der Waals surface area contributed by atoms with Crippen LogP contribution < -0.4 is 15.8 Å². The number of aromatic nitrogens is 3. The van der Waals surface area contributed by atoms with E-state index in [4.69, 9.17) is 23.2 Å². The Morgan fingerprint density at radius 3 is 2.35 bits per heavy atom. The van der Waals surface area contributed by atoms with Crippen LogP contribution in [-0.4, -0.2) is 9.13 Å². The summed E-state index contributed by atoms with van der Waals surface area (Å²) in [6, 6.07) is 1.48. The molecule has 0 spiro atoms. The van der Waals surface area contributed by atoms with Gasteiger partial charge in [0.25, 0.3) is 5.56 Å². The molecule has 0 aliphatic rings. The molecule has 2 aromatic heterocycles. The Balaban J connectivity index is 3.29. The van der Waals surface area contributed by atoms with Crippen LogP contribution in [-0.2, 0) is 21.1 Å². The van der Waals surface area contributed by atoms with E-state index in [1.165, 1.54) is 17.7 Å². The van der Waals surface area contributed by atoms with E-state index in [9.17, 15) is 9.59 Å². The van der Waals surface area contributed by atoms with Crippen molar-refractivity contribution in [3.8, 4) is 0 Å². The zero-order chi connectivity index (χ0) is 12.9. The third-order valence-corrected chi connectivity index (χ3v) is 3.42. The molecule has 0 radical (unpaired) electrons. The smallest absolute Gasteiger partial charge is 0.268 e.